The van der Waals surface area contributed by atoms with Crippen LogP contribution < -0.4 is 10.6 Å². The molecule has 0 aromatic rings. The molecule has 3 nitrogen and oxygen atoms in total. The van der Waals surface area contributed by atoms with Crippen molar-refractivity contribution in [1.29, 1.82) is 0 Å². The molecule has 0 aliphatic rings. The van der Waals surface area contributed by atoms with Crippen molar-refractivity contribution in [3.05, 3.63) is 0 Å². The fourth-order valence-electron chi connectivity index (χ4n) is 1.83. The predicted octanol–water partition coefficient (Wildman–Crippen LogP) is 4.11. The minimum absolute atomic E-state index is 0.892. The highest BCUT2D eigenvalue weighted by Crippen LogP contribution is 1.96. The number of unbranched alkanes of at least 4 members (excludes halogenated alkanes) is 6. The number of nitrogens with one attached hydrogen (secondary N) is 1. The maximum atomic E-state index is 4.60. The molecule has 19 heavy (non-hydrogen) atoms. The average Bonchev–Trinajstić information content (AvgIpc) is 2.43. The van der Waals surface area contributed by atoms with Crippen molar-refractivity contribution in [1.82, 2.24) is 10.6 Å². The third kappa shape index (κ3) is 13.5. The van der Waals surface area contributed by atoms with Gasteiger partial charge in [-0.2, -0.15) is 0 Å². The molecule has 0 atom stereocenters. The molecule has 1 radical (unpaired) electrons. The van der Waals surface area contributed by atoms with E-state index in [0.29, 0.717) is 0 Å². The van der Waals surface area contributed by atoms with Gasteiger partial charge in [-0.15, -0.1) is 0 Å². The SMILES string of the molecule is CCCCC[N]C(=NCCCCC)NCCCCC. The van der Waals surface area contributed by atoms with Crippen molar-refractivity contribution in [2.45, 2.75) is 78.6 Å². The predicted molar refractivity (Wildman–Crippen MR) is 85.9 cm³/mol. The molecule has 113 valence electrons. The molecule has 1 N–H and O–H groups in total. The lowest BCUT2D eigenvalue weighted by molar-refractivity contribution is 0.651. The Balaban J connectivity index is 3.84. The summed E-state index contributed by atoms with van der Waals surface area (Å²) < 4.78 is 0. The molecule has 0 heterocycles. The number of aliphatic imine (C=N–C) groups is 1. The summed E-state index contributed by atoms with van der Waals surface area (Å²) in [6, 6.07) is 0. The molecule has 0 fully saturated rings. The molecule has 0 saturated heterocycles. The van der Waals surface area contributed by atoms with Crippen LogP contribution in [0.25, 0.3) is 0 Å². The summed E-state index contributed by atoms with van der Waals surface area (Å²) in [6.45, 7) is 9.53. The molecular formula is C16H34N3. The van der Waals surface area contributed by atoms with Crippen LogP contribution in [0.1, 0.15) is 78.6 Å². The summed E-state index contributed by atoms with van der Waals surface area (Å²) in [7, 11) is 0. The van der Waals surface area contributed by atoms with E-state index < -0.39 is 0 Å². The molecule has 0 aromatic carbocycles. The van der Waals surface area contributed by atoms with E-state index in [1.807, 2.05) is 0 Å². The number of hydrogen-bond donors (Lipinski definition) is 1. The molecule has 0 aliphatic heterocycles. The molecule has 0 spiro atoms. The van der Waals surface area contributed by atoms with Gasteiger partial charge in [0.15, 0.2) is 0 Å². The van der Waals surface area contributed by atoms with Gasteiger partial charge >= 0.3 is 0 Å². The first-order valence-electron chi connectivity index (χ1n) is 8.30. The highest BCUT2D eigenvalue weighted by atomic mass is 15.2. The zero-order valence-corrected chi connectivity index (χ0v) is 13.4. The van der Waals surface area contributed by atoms with Gasteiger partial charge in [-0.05, 0) is 19.3 Å². The van der Waals surface area contributed by atoms with E-state index >= 15 is 0 Å². The summed E-state index contributed by atoms with van der Waals surface area (Å²) in [5.41, 5.74) is 0. The third-order valence-electron chi connectivity index (χ3n) is 3.11. The fraction of sp³-hybridized carbons (Fsp3) is 0.938. The quantitative estimate of drug-likeness (QED) is 0.323. The largest absolute Gasteiger partial charge is 0.355 e. The summed E-state index contributed by atoms with van der Waals surface area (Å²) >= 11 is 0. The van der Waals surface area contributed by atoms with Crippen molar-refractivity contribution in [3.8, 4) is 0 Å². The van der Waals surface area contributed by atoms with Gasteiger partial charge in [0.25, 0.3) is 0 Å². The lowest BCUT2D eigenvalue weighted by atomic mass is 10.2. The molecule has 0 bridgehead atoms. The first kappa shape index (κ1) is 18.3. The highest BCUT2D eigenvalue weighted by Gasteiger charge is 1.99. The Kier molecular flexibility index (Phi) is 14.7. The molecular weight excluding hydrogens is 234 g/mol. The first-order valence-corrected chi connectivity index (χ1v) is 8.30. The molecule has 3 heteroatoms. The lowest BCUT2D eigenvalue weighted by Gasteiger charge is -2.10. The van der Waals surface area contributed by atoms with Crippen molar-refractivity contribution in [2.24, 2.45) is 4.99 Å². The average molecular weight is 268 g/mol. The maximum Gasteiger partial charge on any atom is 0.213 e. The number of nitrogens with zero attached hydrogens (tertiary/aromatic N) is 2. The highest BCUT2D eigenvalue weighted by molar-refractivity contribution is 5.79. The van der Waals surface area contributed by atoms with Crippen LogP contribution in [0.4, 0.5) is 0 Å². The smallest absolute Gasteiger partial charge is 0.213 e. The molecule has 0 saturated carbocycles. The Labute approximate surface area is 120 Å². The standard InChI is InChI=1S/C16H34N3/c1-4-7-10-13-17-16(18-14-11-8-5-2)19-15-12-9-6-3/h4-15H2,1-3H3,(H,17,18). The second-order valence-electron chi connectivity index (χ2n) is 5.14. The van der Waals surface area contributed by atoms with E-state index in [1.165, 1.54) is 57.8 Å². The summed E-state index contributed by atoms with van der Waals surface area (Å²) in [6.07, 6.45) is 11.2. The van der Waals surface area contributed by atoms with Crippen LogP contribution in [0.5, 0.6) is 0 Å². The number of hydrogen-bond acceptors (Lipinski definition) is 1. The van der Waals surface area contributed by atoms with Crippen LogP contribution >= 0.6 is 0 Å². The first-order chi connectivity index (χ1) is 9.35. The molecule has 0 aromatic heterocycles. The summed E-state index contributed by atoms with van der Waals surface area (Å²) in [5, 5.41) is 7.99. The van der Waals surface area contributed by atoms with Crippen LogP contribution in [0.15, 0.2) is 4.99 Å². The van der Waals surface area contributed by atoms with Gasteiger partial charge in [0.2, 0.25) is 5.96 Å². The lowest BCUT2D eigenvalue weighted by Crippen LogP contribution is -2.33. The zero-order chi connectivity index (χ0) is 14.2. The number of rotatable bonds is 12. The second kappa shape index (κ2) is 15.3. The Morgan fingerprint density at radius 3 is 1.95 bits per heavy atom. The van der Waals surface area contributed by atoms with Crippen molar-refractivity contribution in [3.63, 3.8) is 0 Å². The Bertz CT molecular complexity index is 188. The fourth-order valence-corrected chi connectivity index (χ4v) is 1.83. The van der Waals surface area contributed by atoms with Crippen molar-refractivity contribution in [2.75, 3.05) is 19.6 Å². The van der Waals surface area contributed by atoms with Gasteiger partial charge in [-0.3, -0.25) is 10.3 Å². The van der Waals surface area contributed by atoms with Gasteiger partial charge < -0.3 is 5.32 Å². The van der Waals surface area contributed by atoms with Crippen LogP contribution in [0.2, 0.25) is 0 Å². The molecule has 0 rings (SSSR count). The van der Waals surface area contributed by atoms with E-state index in [-0.39, 0.29) is 0 Å². The monoisotopic (exact) mass is 268 g/mol. The topological polar surface area (TPSA) is 38.5 Å². The van der Waals surface area contributed by atoms with Gasteiger partial charge in [0.1, 0.15) is 0 Å². The third-order valence-corrected chi connectivity index (χ3v) is 3.11. The normalized spacial score (nSPS) is 11.6. The molecule has 0 unspecified atom stereocenters. The summed E-state index contributed by atoms with van der Waals surface area (Å²) in [5.74, 6) is 0.892. The zero-order valence-electron chi connectivity index (χ0n) is 13.4. The summed E-state index contributed by atoms with van der Waals surface area (Å²) in [4.78, 5) is 4.60. The second-order valence-corrected chi connectivity index (χ2v) is 5.14. The van der Waals surface area contributed by atoms with E-state index in [0.717, 1.165) is 25.6 Å². The van der Waals surface area contributed by atoms with Gasteiger partial charge in [-0.1, -0.05) is 59.3 Å². The van der Waals surface area contributed by atoms with Crippen molar-refractivity contribution >= 4 is 5.96 Å². The van der Waals surface area contributed by atoms with E-state index in [4.69, 9.17) is 0 Å². The Hall–Kier alpha value is -0.730. The van der Waals surface area contributed by atoms with E-state index in [9.17, 15) is 0 Å². The maximum absolute atomic E-state index is 4.60. The number of guanidine groups is 1. The van der Waals surface area contributed by atoms with E-state index in [1.54, 1.807) is 0 Å². The van der Waals surface area contributed by atoms with Crippen LogP contribution in [-0.4, -0.2) is 25.6 Å². The minimum Gasteiger partial charge on any atom is -0.355 e. The van der Waals surface area contributed by atoms with Crippen LogP contribution in [-0.2, 0) is 0 Å². The van der Waals surface area contributed by atoms with Gasteiger partial charge in [-0.25, -0.2) is 0 Å². The van der Waals surface area contributed by atoms with E-state index in [2.05, 4.69) is 36.4 Å². The Morgan fingerprint density at radius 2 is 1.32 bits per heavy atom. The van der Waals surface area contributed by atoms with Crippen molar-refractivity contribution < 1.29 is 0 Å². The van der Waals surface area contributed by atoms with Gasteiger partial charge in [0, 0.05) is 19.6 Å². The molecule has 0 amide bonds. The van der Waals surface area contributed by atoms with Gasteiger partial charge in [0.05, 0.1) is 0 Å². The van der Waals surface area contributed by atoms with Crippen LogP contribution in [0.3, 0.4) is 0 Å². The van der Waals surface area contributed by atoms with Crippen LogP contribution in [0, 0.1) is 0 Å². The molecule has 0 aliphatic carbocycles. The Morgan fingerprint density at radius 1 is 0.737 bits per heavy atom. The minimum atomic E-state index is 0.892.